The molecule has 4 N–H and O–H groups in total. The fourth-order valence-electron chi connectivity index (χ4n) is 2.23. The quantitative estimate of drug-likeness (QED) is 0.563. The molecule has 1 saturated carbocycles. The Kier molecular flexibility index (Phi) is 6.07. The highest BCUT2D eigenvalue weighted by atomic mass is 16.5. The van der Waals surface area contributed by atoms with E-state index in [1.807, 2.05) is 0 Å². The Bertz CT molecular complexity index is 296. The van der Waals surface area contributed by atoms with Crippen molar-refractivity contribution in [1.82, 2.24) is 5.32 Å². The van der Waals surface area contributed by atoms with Crippen LogP contribution in [-0.4, -0.2) is 42.8 Å². The summed E-state index contributed by atoms with van der Waals surface area (Å²) in [6, 6.07) is -0.762. The molecule has 1 aliphatic rings. The summed E-state index contributed by atoms with van der Waals surface area (Å²) in [7, 11) is 1.56. The van der Waals surface area contributed by atoms with Crippen LogP contribution in [0.25, 0.3) is 0 Å². The van der Waals surface area contributed by atoms with Gasteiger partial charge < -0.3 is 20.9 Å². The molecule has 3 atom stereocenters. The molecule has 0 aliphatic heterocycles. The Hall–Kier alpha value is -1.14. The lowest BCUT2D eigenvalue weighted by molar-refractivity contribution is -0.142. The van der Waals surface area contributed by atoms with Gasteiger partial charge in [-0.2, -0.15) is 0 Å². The average Bonchev–Trinajstić information content (AvgIpc) is 2.74. The third-order valence-electron chi connectivity index (χ3n) is 3.30. The topological polar surface area (TPSA) is 102 Å². The molecule has 0 aromatic rings. The van der Waals surface area contributed by atoms with Gasteiger partial charge in [0.15, 0.2) is 0 Å². The Labute approximate surface area is 107 Å². The number of carboxylic acids is 1. The van der Waals surface area contributed by atoms with Crippen molar-refractivity contribution in [3.63, 3.8) is 0 Å². The fourth-order valence-corrected chi connectivity index (χ4v) is 2.23. The zero-order valence-corrected chi connectivity index (χ0v) is 10.7. The van der Waals surface area contributed by atoms with Crippen molar-refractivity contribution in [2.75, 3.05) is 13.7 Å². The van der Waals surface area contributed by atoms with E-state index in [1.54, 1.807) is 7.11 Å². The third-order valence-corrected chi connectivity index (χ3v) is 3.30. The summed E-state index contributed by atoms with van der Waals surface area (Å²) in [6.07, 6.45) is 3.22. The molecule has 0 spiro atoms. The number of carbonyl (C=O) groups is 2. The lowest BCUT2D eigenvalue weighted by atomic mass is 10.1. The molecule has 0 aromatic heterocycles. The minimum Gasteiger partial charge on any atom is -0.480 e. The second kappa shape index (κ2) is 7.33. The van der Waals surface area contributed by atoms with Crippen LogP contribution in [0.3, 0.4) is 0 Å². The second-order valence-corrected chi connectivity index (χ2v) is 4.80. The van der Waals surface area contributed by atoms with Crippen molar-refractivity contribution in [2.45, 2.75) is 44.2 Å². The number of rotatable bonds is 7. The maximum absolute atomic E-state index is 11.9. The van der Waals surface area contributed by atoms with Crippen LogP contribution in [-0.2, 0) is 14.3 Å². The van der Waals surface area contributed by atoms with Gasteiger partial charge in [0.2, 0.25) is 5.91 Å². The largest absolute Gasteiger partial charge is 0.480 e. The first-order valence-electron chi connectivity index (χ1n) is 6.32. The van der Waals surface area contributed by atoms with Gasteiger partial charge in [0.05, 0.1) is 0 Å². The highest BCUT2D eigenvalue weighted by molar-refractivity contribution is 5.85. The molecule has 1 aliphatic carbocycles. The van der Waals surface area contributed by atoms with Gasteiger partial charge in [-0.15, -0.1) is 0 Å². The minimum atomic E-state index is -0.998. The third kappa shape index (κ3) is 4.62. The van der Waals surface area contributed by atoms with Crippen molar-refractivity contribution >= 4 is 11.9 Å². The van der Waals surface area contributed by atoms with E-state index >= 15 is 0 Å². The molecule has 3 unspecified atom stereocenters. The van der Waals surface area contributed by atoms with Crippen molar-refractivity contribution in [1.29, 1.82) is 0 Å². The van der Waals surface area contributed by atoms with Crippen molar-refractivity contribution < 1.29 is 19.4 Å². The molecule has 0 heterocycles. The van der Waals surface area contributed by atoms with Crippen LogP contribution in [0.1, 0.15) is 32.1 Å². The van der Waals surface area contributed by atoms with Gasteiger partial charge in [-0.25, -0.2) is 4.79 Å². The maximum Gasteiger partial charge on any atom is 0.326 e. The Balaban J connectivity index is 2.40. The van der Waals surface area contributed by atoms with Crippen LogP contribution >= 0.6 is 0 Å². The van der Waals surface area contributed by atoms with Gasteiger partial charge in [-0.3, -0.25) is 4.79 Å². The normalized spacial score (nSPS) is 24.8. The summed E-state index contributed by atoms with van der Waals surface area (Å²) in [5, 5.41) is 11.6. The number of amides is 1. The number of hydrogen-bond donors (Lipinski definition) is 3. The van der Waals surface area contributed by atoms with E-state index in [0.29, 0.717) is 25.9 Å². The Morgan fingerprint density at radius 3 is 2.72 bits per heavy atom. The van der Waals surface area contributed by atoms with Crippen LogP contribution < -0.4 is 11.1 Å². The van der Waals surface area contributed by atoms with E-state index in [9.17, 15) is 9.59 Å². The van der Waals surface area contributed by atoms with Gasteiger partial charge in [0.1, 0.15) is 6.04 Å². The Morgan fingerprint density at radius 1 is 1.50 bits per heavy atom. The number of nitrogens with one attached hydrogen (secondary N) is 1. The van der Waals surface area contributed by atoms with Crippen molar-refractivity contribution in [2.24, 2.45) is 11.7 Å². The van der Waals surface area contributed by atoms with E-state index in [0.717, 1.165) is 12.8 Å². The number of carbonyl (C=O) groups excluding carboxylic acids is 1. The lowest BCUT2D eigenvalue weighted by Crippen LogP contribution is -2.43. The number of carboxylic acid groups (broad SMARTS) is 1. The highest BCUT2D eigenvalue weighted by Gasteiger charge is 2.30. The number of hydrogen-bond acceptors (Lipinski definition) is 4. The molecule has 0 bridgehead atoms. The van der Waals surface area contributed by atoms with Gasteiger partial charge in [0.25, 0.3) is 0 Å². The van der Waals surface area contributed by atoms with Crippen LogP contribution in [0.2, 0.25) is 0 Å². The molecule has 1 amide bonds. The highest BCUT2D eigenvalue weighted by Crippen LogP contribution is 2.24. The summed E-state index contributed by atoms with van der Waals surface area (Å²) < 4.78 is 4.87. The zero-order chi connectivity index (χ0) is 13.5. The average molecular weight is 258 g/mol. The predicted octanol–water partition coefficient (Wildman–Crippen LogP) is 0.110. The van der Waals surface area contributed by atoms with Crippen LogP contribution in [0.4, 0.5) is 0 Å². The van der Waals surface area contributed by atoms with E-state index in [2.05, 4.69) is 5.32 Å². The lowest BCUT2D eigenvalue weighted by Gasteiger charge is -2.17. The van der Waals surface area contributed by atoms with E-state index < -0.39 is 12.0 Å². The van der Waals surface area contributed by atoms with Gasteiger partial charge in [0, 0.05) is 25.7 Å². The second-order valence-electron chi connectivity index (χ2n) is 4.80. The standard InChI is InChI=1S/C12H22N2O4/c1-18-6-2-3-10(12(16)17)14-11(15)8-4-5-9(13)7-8/h8-10H,2-7,13H2,1H3,(H,14,15)(H,16,17). The number of nitrogens with two attached hydrogens (primary N) is 1. The van der Waals surface area contributed by atoms with Crippen molar-refractivity contribution in [3.05, 3.63) is 0 Å². The van der Waals surface area contributed by atoms with Crippen LogP contribution in [0.5, 0.6) is 0 Å². The van der Waals surface area contributed by atoms with E-state index in [-0.39, 0.29) is 17.9 Å². The monoisotopic (exact) mass is 258 g/mol. The minimum absolute atomic E-state index is 0.0671. The van der Waals surface area contributed by atoms with E-state index in [1.165, 1.54) is 0 Å². The fraction of sp³-hybridized carbons (Fsp3) is 0.833. The first-order valence-corrected chi connectivity index (χ1v) is 6.32. The summed E-state index contributed by atoms with van der Waals surface area (Å²) in [4.78, 5) is 22.9. The van der Waals surface area contributed by atoms with E-state index in [4.69, 9.17) is 15.6 Å². The number of methoxy groups -OCH3 is 1. The van der Waals surface area contributed by atoms with Crippen molar-refractivity contribution in [3.8, 4) is 0 Å². The van der Waals surface area contributed by atoms with Gasteiger partial charge in [-0.05, 0) is 32.1 Å². The molecule has 18 heavy (non-hydrogen) atoms. The molecule has 104 valence electrons. The summed E-state index contributed by atoms with van der Waals surface area (Å²) in [6.45, 7) is 0.494. The molecule has 1 rings (SSSR count). The Morgan fingerprint density at radius 2 is 2.22 bits per heavy atom. The molecular formula is C12H22N2O4. The van der Waals surface area contributed by atoms with Crippen LogP contribution in [0.15, 0.2) is 0 Å². The molecule has 0 radical (unpaired) electrons. The van der Waals surface area contributed by atoms with Crippen LogP contribution in [0, 0.1) is 5.92 Å². The zero-order valence-electron chi connectivity index (χ0n) is 10.7. The molecular weight excluding hydrogens is 236 g/mol. The maximum atomic E-state index is 11.9. The molecule has 0 aromatic carbocycles. The van der Waals surface area contributed by atoms with Gasteiger partial charge >= 0.3 is 5.97 Å². The predicted molar refractivity (Wildman–Crippen MR) is 66.0 cm³/mol. The van der Waals surface area contributed by atoms with Gasteiger partial charge in [-0.1, -0.05) is 0 Å². The summed E-state index contributed by atoms with van der Waals surface area (Å²) >= 11 is 0. The summed E-state index contributed by atoms with van der Waals surface area (Å²) in [5.74, 6) is -1.32. The first-order chi connectivity index (χ1) is 8.54. The molecule has 0 saturated heterocycles. The number of ether oxygens (including phenoxy) is 1. The molecule has 6 nitrogen and oxygen atoms in total. The first kappa shape index (κ1) is 14.9. The summed E-state index contributed by atoms with van der Waals surface area (Å²) in [5.41, 5.74) is 5.74. The smallest absolute Gasteiger partial charge is 0.326 e. The molecule has 1 fully saturated rings. The number of aliphatic carboxylic acids is 1. The SMILES string of the molecule is COCCCC(NC(=O)C1CCC(N)C1)C(=O)O. The molecule has 6 heteroatoms.